The molecule has 1 atom stereocenters. The summed E-state index contributed by atoms with van der Waals surface area (Å²) in [6.45, 7) is 2.04. The minimum Gasteiger partial charge on any atom is -0.481 e. The second-order valence-corrected chi connectivity index (χ2v) is 8.66. The fraction of sp³-hybridized carbons (Fsp3) is 0.345. The zero-order valence-electron chi connectivity index (χ0n) is 18.5. The maximum absolute atomic E-state index is 10.9. The Morgan fingerprint density at radius 1 is 0.710 bits per heavy atom. The lowest BCUT2D eigenvalue weighted by molar-refractivity contribution is -0.138. The number of carbonyl (C=O) groups is 1. The smallest absolute Gasteiger partial charge is 0.303 e. The van der Waals surface area contributed by atoms with Gasteiger partial charge in [0.25, 0.3) is 0 Å². The van der Waals surface area contributed by atoms with Crippen molar-refractivity contribution in [2.24, 2.45) is 5.92 Å². The third-order valence-corrected chi connectivity index (χ3v) is 6.32. The number of hydrogen-bond donors (Lipinski definition) is 1. The Hall–Kier alpha value is -2.87. The van der Waals surface area contributed by atoms with Crippen LogP contribution in [0.5, 0.6) is 0 Å². The normalized spacial score (nSPS) is 12.4. The van der Waals surface area contributed by atoms with Crippen molar-refractivity contribution in [3.63, 3.8) is 0 Å². The van der Waals surface area contributed by atoms with Gasteiger partial charge in [-0.25, -0.2) is 0 Å². The van der Waals surface area contributed by atoms with Crippen LogP contribution in [0.15, 0.2) is 91.0 Å². The second-order valence-electron chi connectivity index (χ2n) is 8.66. The summed E-state index contributed by atoms with van der Waals surface area (Å²) in [7, 11) is 0. The predicted octanol–water partition coefficient (Wildman–Crippen LogP) is 7.47. The van der Waals surface area contributed by atoms with Crippen molar-refractivity contribution in [2.75, 3.05) is 0 Å². The molecule has 0 radical (unpaired) electrons. The summed E-state index contributed by atoms with van der Waals surface area (Å²) in [5, 5.41) is 8.94. The first-order valence-corrected chi connectivity index (χ1v) is 11.5. The van der Waals surface area contributed by atoms with Gasteiger partial charge in [-0.3, -0.25) is 4.79 Å². The Morgan fingerprint density at radius 2 is 1.13 bits per heavy atom. The van der Waals surface area contributed by atoms with E-state index in [-0.39, 0.29) is 17.8 Å². The van der Waals surface area contributed by atoms with Crippen LogP contribution in [0.3, 0.4) is 0 Å². The molecule has 0 heterocycles. The van der Waals surface area contributed by atoms with Gasteiger partial charge in [-0.2, -0.15) is 0 Å². The maximum Gasteiger partial charge on any atom is 0.303 e. The molecule has 0 saturated heterocycles. The summed E-state index contributed by atoms with van der Waals surface area (Å²) in [6.07, 6.45) is 6.87. The van der Waals surface area contributed by atoms with E-state index in [2.05, 4.69) is 91.0 Å². The van der Waals surface area contributed by atoms with Crippen LogP contribution in [0.4, 0.5) is 0 Å². The van der Waals surface area contributed by atoms with Crippen LogP contribution in [0.2, 0.25) is 0 Å². The molecule has 0 spiro atoms. The molecule has 0 aliphatic carbocycles. The summed E-state index contributed by atoms with van der Waals surface area (Å²) in [4.78, 5) is 10.9. The van der Waals surface area contributed by atoms with Crippen molar-refractivity contribution in [1.29, 1.82) is 0 Å². The van der Waals surface area contributed by atoms with Gasteiger partial charge in [-0.1, -0.05) is 130 Å². The largest absolute Gasteiger partial charge is 0.481 e. The van der Waals surface area contributed by atoms with Gasteiger partial charge in [0, 0.05) is 11.8 Å². The Balaban J connectivity index is 1.78. The minimum atomic E-state index is -0.689. The Morgan fingerprint density at radius 3 is 1.55 bits per heavy atom. The highest BCUT2D eigenvalue weighted by Gasteiger charge is 2.35. The van der Waals surface area contributed by atoms with Gasteiger partial charge < -0.3 is 5.11 Å². The zero-order valence-corrected chi connectivity index (χ0v) is 18.5. The van der Waals surface area contributed by atoms with Crippen LogP contribution in [-0.2, 0) is 10.2 Å². The molecule has 0 amide bonds. The van der Waals surface area contributed by atoms with Crippen molar-refractivity contribution < 1.29 is 9.90 Å². The van der Waals surface area contributed by atoms with Crippen molar-refractivity contribution in [2.45, 2.75) is 57.3 Å². The number of aliphatic carboxylic acids is 1. The maximum atomic E-state index is 10.9. The number of benzene rings is 3. The molecule has 0 saturated carbocycles. The minimum absolute atomic E-state index is 0.166. The van der Waals surface area contributed by atoms with E-state index < -0.39 is 5.97 Å². The first kappa shape index (κ1) is 22.8. The van der Waals surface area contributed by atoms with E-state index in [0.717, 1.165) is 38.5 Å². The highest BCUT2D eigenvalue weighted by molar-refractivity contribution is 5.66. The van der Waals surface area contributed by atoms with Crippen molar-refractivity contribution in [3.8, 4) is 0 Å². The van der Waals surface area contributed by atoms with E-state index in [1.54, 1.807) is 0 Å². The van der Waals surface area contributed by atoms with Gasteiger partial charge in [0.1, 0.15) is 0 Å². The highest BCUT2D eigenvalue weighted by Crippen LogP contribution is 2.43. The van der Waals surface area contributed by atoms with Gasteiger partial charge >= 0.3 is 5.97 Å². The second kappa shape index (κ2) is 11.5. The van der Waals surface area contributed by atoms with Crippen LogP contribution >= 0.6 is 0 Å². The van der Waals surface area contributed by atoms with Crippen LogP contribution < -0.4 is 0 Å². The monoisotopic (exact) mass is 414 g/mol. The molecular formula is C29H34O2. The number of carboxylic acids is 1. The molecular weight excluding hydrogens is 380 g/mol. The third-order valence-electron chi connectivity index (χ3n) is 6.32. The lowest BCUT2D eigenvalue weighted by Crippen LogP contribution is -2.29. The Labute approximate surface area is 187 Å². The molecule has 2 nitrogen and oxygen atoms in total. The molecule has 31 heavy (non-hydrogen) atoms. The first-order chi connectivity index (χ1) is 15.1. The average molecular weight is 415 g/mol. The fourth-order valence-electron chi connectivity index (χ4n) is 4.74. The molecule has 1 unspecified atom stereocenters. The highest BCUT2D eigenvalue weighted by atomic mass is 16.4. The van der Waals surface area contributed by atoms with Crippen LogP contribution in [0.25, 0.3) is 0 Å². The molecule has 0 aliphatic heterocycles. The molecule has 3 rings (SSSR count). The van der Waals surface area contributed by atoms with Crippen molar-refractivity contribution in [3.05, 3.63) is 108 Å². The van der Waals surface area contributed by atoms with Crippen LogP contribution in [0.1, 0.15) is 68.6 Å². The molecule has 3 aromatic rings. The predicted molar refractivity (Wildman–Crippen MR) is 128 cm³/mol. The molecule has 0 bridgehead atoms. The Bertz CT molecular complexity index is 807. The summed E-state index contributed by atoms with van der Waals surface area (Å²) in [5.74, 6) is -0.430. The average Bonchev–Trinajstić information content (AvgIpc) is 2.80. The van der Waals surface area contributed by atoms with Gasteiger partial charge in [-0.05, 0) is 29.0 Å². The third kappa shape index (κ3) is 6.07. The number of carboxylic acid groups (broad SMARTS) is 1. The van der Waals surface area contributed by atoms with E-state index in [1.165, 1.54) is 16.7 Å². The van der Waals surface area contributed by atoms with Gasteiger partial charge in [0.2, 0.25) is 0 Å². The van der Waals surface area contributed by atoms with E-state index >= 15 is 0 Å². The fourth-order valence-corrected chi connectivity index (χ4v) is 4.74. The first-order valence-electron chi connectivity index (χ1n) is 11.5. The molecule has 162 valence electrons. The molecule has 0 fully saturated rings. The van der Waals surface area contributed by atoms with Crippen molar-refractivity contribution >= 4 is 5.97 Å². The van der Waals surface area contributed by atoms with Crippen LogP contribution in [-0.4, -0.2) is 11.1 Å². The summed E-state index contributed by atoms with van der Waals surface area (Å²) >= 11 is 0. The SMILES string of the molecule is CC(CCCCCCC(c1ccccc1)(c1ccccc1)c1ccccc1)CC(=O)O. The quantitative estimate of drug-likeness (QED) is 0.246. The lowest BCUT2D eigenvalue weighted by atomic mass is 9.66. The molecule has 3 aromatic carbocycles. The number of rotatable bonds is 12. The van der Waals surface area contributed by atoms with E-state index in [1.807, 2.05) is 6.92 Å². The van der Waals surface area contributed by atoms with E-state index in [4.69, 9.17) is 5.11 Å². The zero-order chi connectivity index (χ0) is 21.9. The topological polar surface area (TPSA) is 37.3 Å². The van der Waals surface area contributed by atoms with E-state index in [9.17, 15) is 4.79 Å². The molecule has 2 heteroatoms. The number of unbranched alkanes of at least 4 members (excludes halogenated alkanes) is 3. The van der Waals surface area contributed by atoms with E-state index in [0.29, 0.717) is 0 Å². The van der Waals surface area contributed by atoms with Crippen molar-refractivity contribution in [1.82, 2.24) is 0 Å². The molecule has 1 N–H and O–H groups in total. The summed E-state index contributed by atoms with van der Waals surface area (Å²) in [5.41, 5.74) is 3.84. The Kier molecular flexibility index (Phi) is 8.46. The standard InChI is InChI=1S/C29H34O2/c1-24(23-28(30)31)15-7-2-3-14-22-29(25-16-8-4-9-17-25,26-18-10-5-11-19-26)27-20-12-6-13-21-27/h4-6,8-13,16-21,24H,2-3,7,14-15,22-23H2,1H3,(H,30,31). The molecule has 0 aliphatic rings. The summed E-state index contributed by atoms with van der Waals surface area (Å²) in [6, 6.07) is 32.6. The lowest BCUT2D eigenvalue weighted by Gasteiger charge is -2.36. The summed E-state index contributed by atoms with van der Waals surface area (Å²) < 4.78 is 0. The van der Waals surface area contributed by atoms with Gasteiger partial charge in [0.15, 0.2) is 0 Å². The van der Waals surface area contributed by atoms with Crippen LogP contribution in [0, 0.1) is 5.92 Å². The van der Waals surface area contributed by atoms with Gasteiger partial charge in [0.05, 0.1) is 0 Å². The van der Waals surface area contributed by atoms with Gasteiger partial charge in [-0.15, -0.1) is 0 Å². The number of hydrogen-bond acceptors (Lipinski definition) is 1. The molecule has 0 aromatic heterocycles.